The molecule has 3 aromatic carbocycles. The van der Waals surface area contributed by atoms with Crippen molar-refractivity contribution < 1.29 is 9.53 Å². The summed E-state index contributed by atoms with van der Waals surface area (Å²) in [7, 11) is -2.71. The second kappa shape index (κ2) is 8.86. The zero-order valence-corrected chi connectivity index (χ0v) is 19.7. The first kappa shape index (κ1) is 21.6. The van der Waals surface area contributed by atoms with Crippen LogP contribution in [0.2, 0.25) is 5.04 Å². The van der Waals surface area contributed by atoms with Crippen LogP contribution in [0, 0.1) is 0 Å². The SMILES string of the molecule is CC(C)(C)[Si](Oc1cccc2c1C(CO)CCC=C2)(c1ccccc1)c1ccccc1. The Kier molecular flexibility index (Phi) is 6.17. The lowest BCUT2D eigenvalue weighted by atomic mass is 9.92. The first-order valence-corrected chi connectivity index (χ1v) is 13.1. The number of fused-ring (bicyclic) bond motifs is 1. The Morgan fingerprint density at radius 2 is 1.48 bits per heavy atom. The highest BCUT2D eigenvalue weighted by Crippen LogP contribution is 2.42. The van der Waals surface area contributed by atoms with E-state index in [1.54, 1.807) is 0 Å². The second-order valence-corrected chi connectivity index (χ2v) is 13.6. The van der Waals surface area contributed by atoms with Crippen LogP contribution in [0.3, 0.4) is 0 Å². The molecule has 0 bridgehead atoms. The van der Waals surface area contributed by atoms with Gasteiger partial charge >= 0.3 is 8.32 Å². The van der Waals surface area contributed by atoms with E-state index in [9.17, 15) is 5.11 Å². The molecule has 0 heterocycles. The molecule has 0 fully saturated rings. The molecule has 31 heavy (non-hydrogen) atoms. The average Bonchev–Trinajstić information content (AvgIpc) is 3.00. The Balaban J connectivity index is 1.97. The van der Waals surface area contributed by atoms with Crippen molar-refractivity contribution in [2.75, 3.05) is 6.61 Å². The smallest absolute Gasteiger partial charge is 0.319 e. The van der Waals surface area contributed by atoms with Gasteiger partial charge in [-0.2, -0.15) is 0 Å². The maximum absolute atomic E-state index is 10.2. The Labute approximate surface area is 187 Å². The van der Waals surface area contributed by atoms with Crippen molar-refractivity contribution in [3.05, 3.63) is 96.1 Å². The fourth-order valence-electron chi connectivity index (χ4n) is 4.88. The van der Waals surface area contributed by atoms with Gasteiger partial charge in [-0.15, -0.1) is 0 Å². The fourth-order valence-corrected chi connectivity index (χ4v) is 9.32. The van der Waals surface area contributed by atoms with Gasteiger partial charge in [0, 0.05) is 11.5 Å². The zero-order chi connectivity index (χ0) is 21.9. The molecule has 0 saturated carbocycles. The van der Waals surface area contributed by atoms with Crippen LogP contribution in [-0.2, 0) is 0 Å². The molecule has 2 nitrogen and oxygen atoms in total. The van der Waals surface area contributed by atoms with Gasteiger partial charge in [-0.05, 0) is 39.9 Å². The lowest BCUT2D eigenvalue weighted by Gasteiger charge is -2.43. The van der Waals surface area contributed by atoms with Crippen molar-refractivity contribution in [3.8, 4) is 5.75 Å². The van der Waals surface area contributed by atoms with Crippen LogP contribution in [0.25, 0.3) is 6.08 Å². The van der Waals surface area contributed by atoms with E-state index in [1.807, 2.05) is 0 Å². The first-order chi connectivity index (χ1) is 15.0. The molecule has 4 rings (SSSR count). The molecule has 1 N–H and O–H groups in total. The molecule has 0 amide bonds. The van der Waals surface area contributed by atoms with Crippen molar-refractivity contribution >= 4 is 24.8 Å². The van der Waals surface area contributed by atoms with Crippen LogP contribution in [0.1, 0.15) is 50.7 Å². The van der Waals surface area contributed by atoms with Crippen LogP contribution in [0.15, 0.2) is 84.9 Å². The summed E-state index contributed by atoms with van der Waals surface area (Å²) in [5, 5.41) is 12.6. The van der Waals surface area contributed by atoms with Gasteiger partial charge in [0.25, 0.3) is 0 Å². The molecular formula is C28H32O2Si. The van der Waals surface area contributed by atoms with E-state index < -0.39 is 8.32 Å². The van der Waals surface area contributed by atoms with Crippen molar-refractivity contribution in [1.82, 2.24) is 0 Å². The molecule has 0 saturated heterocycles. The lowest BCUT2D eigenvalue weighted by Crippen LogP contribution is -2.69. The molecule has 3 aromatic rings. The van der Waals surface area contributed by atoms with Crippen LogP contribution in [0.4, 0.5) is 0 Å². The highest BCUT2D eigenvalue weighted by Gasteiger charge is 2.52. The summed E-state index contributed by atoms with van der Waals surface area (Å²) >= 11 is 0. The van der Waals surface area contributed by atoms with Gasteiger partial charge in [-0.3, -0.25) is 0 Å². The normalized spacial score (nSPS) is 16.5. The van der Waals surface area contributed by atoms with Gasteiger partial charge in [0.05, 0.1) is 6.61 Å². The Bertz CT molecular complexity index is 996. The number of aliphatic hydroxyl groups excluding tert-OH is 1. The molecule has 0 aromatic heterocycles. The van der Waals surface area contributed by atoms with E-state index in [4.69, 9.17) is 4.43 Å². The topological polar surface area (TPSA) is 29.5 Å². The molecule has 1 atom stereocenters. The zero-order valence-electron chi connectivity index (χ0n) is 18.7. The van der Waals surface area contributed by atoms with E-state index in [0.717, 1.165) is 29.7 Å². The third-order valence-corrected chi connectivity index (χ3v) is 11.3. The van der Waals surface area contributed by atoms with E-state index in [2.05, 4.69) is 112 Å². The Morgan fingerprint density at radius 3 is 2.03 bits per heavy atom. The van der Waals surface area contributed by atoms with Gasteiger partial charge in [0.1, 0.15) is 5.75 Å². The second-order valence-electron chi connectivity index (χ2n) is 9.38. The van der Waals surface area contributed by atoms with E-state index >= 15 is 0 Å². The van der Waals surface area contributed by atoms with E-state index in [1.165, 1.54) is 10.4 Å². The molecule has 160 valence electrons. The summed E-state index contributed by atoms with van der Waals surface area (Å²) in [6.07, 6.45) is 6.30. The summed E-state index contributed by atoms with van der Waals surface area (Å²) < 4.78 is 7.32. The summed E-state index contributed by atoms with van der Waals surface area (Å²) in [5.41, 5.74) is 2.30. The maximum atomic E-state index is 10.2. The number of benzene rings is 3. The number of hydrogen-bond donors (Lipinski definition) is 1. The minimum absolute atomic E-state index is 0.0828. The van der Waals surface area contributed by atoms with Crippen LogP contribution in [-0.4, -0.2) is 20.0 Å². The Morgan fingerprint density at radius 1 is 0.871 bits per heavy atom. The van der Waals surface area contributed by atoms with Crippen molar-refractivity contribution in [2.24, 2.45) is 0 Å². The molecule has 1 aliphatic rings. The van der Waals surface area contributed by atoms with Crippen LogP contribution >= 0.6 is 0 Å². The summed E-state index contributed by atoms with van der Waals surface area (Å²) in [5.74, 6) is 0.997. The van der Waals surface area contributed by atoms with Crippen molar-refractivity contribution in [1.29, 1.82) is 0 Å². The Hall–Kier alpha value is -2.62. The van der Waals surface area contributed by atoms with Gasteiger partial charge in [-0.25, -0.2) is 0 Å². The summed E-state index contributed by atoms with van der Waals surface area (Å²) in [6, 6.07) is 27.8. The summed E-state index contributed by atoms with van der Waals surface area (Å²) in [4.78, 5) is 0. The minimum Gasteiger partial charge on any atom is -0.534 e. The molecule has 0 radical (unpaired) electrons. The quantitative estimate of drug-likeness (QED) is 0.543. The number of hydrogen-bond acceptors (Lipinski definition) is 2. The highest BCUT2D eigenvalue weighted by atomic mass is 28.4. The average molecular weight is 429 g/mol. The predicted octanol–water partition coefficient (Wildman–Crippen LogP) is 5.51. The van der Waals surface area contributed by atoms with Gasteiger partial charge < -0.3 is 9.53 Å². The van der Waals surface area contributed by atoms with Crippen LogP contribution in [0.5, 0.6) is 5.75 Å². The third kappa shape index (κ3) is 4.00. The third-order valence-electron chi connectivity index (χ3n) is 6.39. The largest absolute Gasteiger partial charge is 0.534 e. The molecule has 0 aliphatic heterocycles. The van der Waals surface area contributed by atoms with Crippen molar-refractivity contribution in [2.45, 2.75) is 44.6 Å². The predicted molar refractivity (Wildman–Crippen MR) is 133 cm³/mol. The van der Waals surface area contributed by atoms with Gasteiger partial charge in [0.2, 0.25) is 0 Å². The lowest BCUT2D eigenvalue weighted by molar-refractivity contribution is 0.258. The molecule has 1 unspecified atom stereocenters. The minimum atomic E-state index is -2.71. The van der Waals surface area contributed by atoms with Gasteiger partial charge in [0.15, 0.2) is 0 Å². The molecule has 3 heteroatoms. The van der Waals surface area contributed by atoms with E-state index in [0.29, 0.717) is 0 Å². The highest BCUT2D eigenvalue weighted by molar-refractivity contribution is 7.00. The molecule has 1 aliphatic carbocycles. The molecular weight excluding hydrogens is 396 g/mol. The number of allylic oxidation sites excluding steroid dienone is 1. The van der Waals surface area contributed by atoms with Crippen LogP contribution < -0.4 is 14.8 Å². The fraction of sp³-hybridized carbons (Fsp3) is 0.286. The van der Waals surface area contributed by atoms with E-state index in [-0.39, 0.29) is 17.6 Å². The number of aliphatic hydroxyl groups is 1. The molecule has 0 spiro atoms. The summed E-state index contributed by atoms with van der Waals surface area (Å²) in [6.45, 7) is 7.02. The first-order valence-electron chi connectivity index (χ1n) is 11.2. The monoisotopic (exact) mass is 428 g/mol. The van der Waals surface area contributed by atoms with Gasteiger partial charge in [-0.1, -0.05) is 106 Å². The standard InChI is InChI=1S/C28H32O2Si/c1-28(2,3)31(24-16-6-4-7-17-24,25-18-8-5-9-19-25)30-26-20-12-15-22-13-10-11-14-23(21-29)27(22)26/h4-10,12-13,15-20,23,29H,11,14,21H2,1-3H3. The van der Waals surface area contributed by atoms with Crippen molar-refractivity contribution in [3.63, 3.8) is 0 Å². The number of rotatable bonds is 5. The maximum Gasteiger partial charge on any atom is 0.319 e.